The molecule has 7 heteroatoms. The third-order valence-electron chi connectivity index (χ3n) is 4.70. The van der Waals surface area contributed by atoms with E-state index in [1.54, 1.807) is 7.11 Å². The average molecular weight is 425 g/mol. The van der Waals surface area contributed by atoms with Gasteiger partial charge in [0.05, 0.1) is 18.9 Å². The summed E-state index contributed by atoms with van der Waals surface area (Å²) in [7, 11) is 1.67. The van der Waals surface area contributed by atoms with Gasteiger partial charge in [-0.05, 0) is 30.5 Å². The number of nitrogens with zero attached hydrogens (tertiary/aromatic N) is 3. The summed E-state index contributed by atoms with van der Waals surface area (Å²) < 4.78 is 7.27. The van der Waals surface area contributed by atoms with Crippen LogP contribution in [0.15, 0.2) is 53.7 Å². The number of rotatable bonds is 9. The summed E-state index contributed by atoms with van der Waals surface area (Å²) in [6.07, 6.45) is 0. The first kappa shape index (κ1) is 22.1. The van der Waals surface area contributed by atoms with Gasteiger partial charge >= 0.3 is 0 Å². The number of nitrogens with one attached hydrogen (secondary N) is 1. The molecule has 0 fully saturated rings. The van der Waals surface area contributed by atoms with E-state index >= 15 is 0 Å². The number of benzene rings is 2. The highest BCUT2D eigenvalue weighted by Gasteiger charge is 2.16. The van der Waals surface area contributed by atoms with Crippen LogP contribution in [-0.4, -0.2) is 40.1 Å². The second-order valence-corrected chi connectivity index (χ2v) is 8.34. The summed E-state index contributed by atoms with van der Waals surface area (Å²) in [5, 5.41) is 12.5. The molecule has 2 aromatic carbocycles. The molecule has 30 heavy (non-hydrogen) atoms. The predicted molar refractivity (Wildman–Crippen MR) is 122 cm³/mol. The predicted octanol–water partition coefficient (Wildman–Crippen LogP) is 4.75. The number of aromatic nitrogens is 3. The van der Waals surface area contributed by atoms with Gasteiger partial charge in [-0.3, -0.25) is 9.36 Å². The van der Waals surface area contributed by atoms with E-state index in [2.05, 4.69) is 35.4 Å². The Balaban J connectivity index is 1.74. The highest BCUT2D eigenvalue weighted by Crippen LogP contribution is 2.26. The van der Waals surface area contributed by atoms with Crippen LogP contribution >= 0.6 is 11.8 Å². The molecule has 0 spiro atoms. The average Bonchev–Trinajstić information content (AvgIpc) is 3.13. The number of anilines is 1. The van der Waals surface area contributed by atoms with Crippen molar-refractivity contribution < 1.29 is 9.53 Å². The third-order valence-corrected chi connectivity index (χ3v) is 5.67. The van der Waals surface area contributed by atoms with E-state index in [0.717, 1.165) is 28.2 Å². The number of amides is 1. The number of ether oxygens (including phenoxy) is 1. The van der Waals surface area contributed by atoms with Crippen molar-refractivity contribution >= 4 is 23.4 Å². The fourth-order valence-corrected chi connectivity index (χ4v) is 3.97. The zero-order chi connectivity index (χ0) is 21.5. The van der Waals surface area contributed by atoms with Gasteiger partial charge in [-0.2, -0.15) is 0 Å². The van der Waals surface area contributed by atoms with Crippen LogP contribution in [0.2, 0.25) is 0 Å². The van der Waals surface area contributed by atoms with E-state index < -0.39 is 0 Å². The van der Waals surface area contributed by atoms with Crippen LogP contribution in [0.3, 0.4) is 0 Å². The highest BCUT2D eigenvalue weighted by atomic mass is 32.2. The van der Waals surface area contributed by atoms with Crippen LogP contribution in [0.25, 0.3) is 11.4 Å². The number of hydrogen-bond donors (Lipinski definition) is 1. The van der Waals surface area contributed by atoms with Crippen molar-refractivity contribution in [1.82, 2.24) is 14.8 Å². The van der Waals surface area contributed by atoms with Crippen molar-refractivity contribution in [3.05, 3.63) is 59.7 Å². The molecule has 0 bridgehead atoms. The molecule has 3 aromatic rings. The molecule has 0 aliphatic rings. The lowest BCUT2D eigenvalue weighted by atomic mass is 10.0. The Labute approximate surface area is 182 Å². The number of carbonyl (C=O) groups is 1. The van der Waals surface area contributed by atoms with Crippen LogP contribution in [-0.2, 0) is 16.1 Å². The van der Waals surface area contributed by atoms with E-state index in [-0.39, 0.29) is 11.7 Å². The molecule has 158 valence electrons. The Bertz CT molecular complexity index is 1000. The second-order valence-electron chi connectivity index (χ2n) is 7.40. The molecule has 0 aliphatic heterocycles. The number of para-hydroxylation sites is 1. The third kappa shape index (κ3) is 5.49. The van der Waals surface area contributed by atoms with Gasteiger partial charge in [0.2, 0.25) is 5.91 Å². The lowest BCUT2D eigenvalue weighted by Crippen LogP contribution is -2.16. The summed E-state index contributed by atoms with van der Waals surface area (Å²) in [6, 6.07) is 16.1. The van der Waals surface area contributed by atoms with Crippen molar-refractivity contribution in [3.63, 3.8) is 0 Å². The van der Waals surface area contributed by atoms with E-state index in [0.29, 0.717) is 24.2 Å². The Morgan fingerprint density at radius 2 is 1.97 bits per heavy atom. The second kappa shape index (κ2) is 10.4. The SMILES string of the molecule is COCCn1c(SCC(=O)Nc2ccccc2C(C)C)nnc1-c1cccc(C)c1. The fourth-order valence-electron chi connectivity index (χ4n) is 3.21. The molecule has 1 heterocycles. The molecule has 1 N–H and O–H groups in total. The monoisotopic (exact) mass is 424 g/mol. The van der Waals surface area contributed by atoms with Crippen molar-refractivity contribution in [1.29, 1.82) is 0 Å². The maximum Gasteiger partial charge on any atom is 0.234 e. The maximum atomic E-state index is 12.6. The van der Waals surface area contributed by atoms with Crippen molar-refractivity contribution in [2.45, 2.75) is 38.4 Å². The van der Waals surface area contributed by atoms with E-state index in [1.165, 1.54) is 11.8 Å². The molecule has 0 aliphatic carbocycles. The Morgan fingerprint density at radius 1 is 1.17 bits per heavy atom. The Hall–Kier alpha value is -2.64. The zero-order valence-corrected chi connectivity index (χ0v) is 18.7. The summed E-state index contributed by atoms with van der Waals surface area (Å²) >= 11 is 1.38. The van der Waals surface area contributed by atoms with Crippen LogP contribution in [0.1, 0.15) is 30.9 Å². The van der Waals surface area contributed by atoms with Gasteiger partial charge in [-0.15, -0.1) is 10.2 Å². The molecule has 0 radical (unpaired) electrons. The molecule has 6 nitrogen and oxygen atoms in total. The first-order valence-corrected chi connectivity index (χ1v) is 11.0. The summed E-state index contributed by atoms with van der Waals surface area (Å²) in [5.41, 5.74) is 4.15. The first-order chi connectivity index (χ1) is 14.5. The van der Waals surface area contributed by atoms with Gasteiger partial charge in [0, 0.05) is 18.4 Å². The molecule has 0 saturated carbocycles. The van der Waals surface area contributed by atoms with Gasteiger partial charge in [-0.1, -0.05) is 67.6 Å². The number of carbonyl (C=O) groups excluding carboxylic acids is 1. The van der Waals surface area contributed by atoms with Gasteiger partial charge < -0.3 is 10.1 Å². The smallest absolute Gasteiger partial charge is 0.234 e. The summed E-state index contributed by atoms with van der Waals surface area (Å²) in [6.45, 7) is 7.44. The van der Waals surface area contributed by atoms with Crippen molar-refractivity contribution in [2.75, 3.05) is 24.8 Å². The molecule has 0 atom stereocenters. The topological polar surface area (TPSA) is 69.0 Å². The minimum absolute atomic E-state index is 0.0634. The first-order valence-electron chi connectivity index (χ1n) is 10.0. The molecule has 3 rings (SSSR count). The van der Waals surface area contributed by atoms with Gasteiger partial charge in [0.1, 0.15) is 0 Å². The minimum Gasteiger partial charge on any atom is -0.383 e. The van der Waals surface area contributed by atoms with Crippen molar-refractivity contribution in [2.24, 2.45) is 0 Å². The Kier molecular flexibility index (Phi) is 7.65. The maximum absolute atomic E-state index is 12.6. The van der Waals surface area contributed by atoms with Crippen LogP contribution in [0.5, 0.6) is 0 Å². The quantitative estimate of drug-likeness (QED) is 0.502. The fraction of sp³-hybridized carbons (Fsp3) is 0.348. The van der Waals surface area contributed by atoms with Gasteiger partial charge in [0.25, 0.3) is 0 Å². The van der Waals surface area contributed by atoms with Gasteiger partial charge in [-0.25, -0.2) is 0 Å². The normalized spacial score (nSPS) is 11.1. The number of thioether (sulfide) groups is 1. The van der Waals surface area contributed by atoms with Crippen LogP contribution in [0.4, 0.5) is 5.69 Å². The van der Waals surface area contributed by atoms with Crippen LogP contribution in [0, 0.1) is 6.92 Å². The lowest BCUT2D eigenvalue weighted by molar-refractivity contribution is -0.113. The molecular weight excluding hydrogens is 396 g/mol. The van der Waals surface area contributed by atoms with Crippen molar-refractivity contribution in [3.8, 4) is 11.4 Å². The number of hydrogen-bond acceptors (Lipinski definition) is 5. The van der Waals surface area contributed by atoms with Crippen LogP contribution < -0.4 is 5.32 Å². The summed E-state index contributed by atoms with van der Waals surface area (Å²) in [4.78, 5) is 12.6. The number of aryl methyl sites for hydroxylation is 1. The minimum atomic E-state index is -0.0634. The largest absolute Gasteiger partial charge is 0.383 e. The van der Waals surface area contributed by atoms with Gasteiger partial charge in [0.15, 0.2) is 11.0 Å². The molecular formula is C23H28N4O2S. The number of methoxy groups -OCH3 is 1. The Morgan fingerprint density at radius 3 is 2.70 bits per heavy atom. The standard InChI is InChI=1S/C23H28N4O2S/c1-16(2)19-10-5-6-11-20(19)24-21(28)15-30-23-26-25-22(27(23)12-13-29-4)18-9-7-8-17(3)14-18/h5-11,14,16H,12-13,15H2,1-4H3,(H,24,28). The molecule has 1 amide bonds. The molecule has 1 aromatic heterocycles. The van der Waals surface area contributed by atoms with E-state index in [4.69, 9.17) is 4.74 Å². The summed E-state index contributed by atoms with van der Waals surface area (Å²) in [5.74, 6) is 1.31. The molecule has 0 saturated heterocycles. The molecule has 0 unspecified atom stereocenters. The van der Waals surface area contributed by atoms with E-state index in [1.807, 2.05) is 54.0 Å². The van der Waals surface area contributed by atoms with E-state index in [9.17, 15) is 4.79 Å². The lowest BCUT2D eigenvalue weighted by Gasteiger charge is -2.13. The zero-order valence-electron chi connectivity index (χ0n) is 17.9. The highest BCUT2D eigenvalue weighted by molar-refractivity contribution is 7.99.